The first-order chi connectivity index (χ1) is 6.69. The first-order valence-electron chi connectivity index (χ1n) is 5.25. The molecule has 0 fully saturated rings. The van der Waals surface area contributed by atoms with Gasteiger partial charge in [0.25, 0.3) is 0 Å². The van der Waals surface area contributed by atoms with E-state index in [0.717, 1.165) is 18.0 Å². The number of nitrogens with zero attached hydrogens (tertiary/aromatic N) is 1. The van der Waals surface area contributed by atoms with Crippen LogP contribution in [0.5, 0.6) is 0 Å². The molecule has 3 heteroatoms. The monoisotopic (exact) mass is 213 g/mol. The second-order valence-electron chi connectivity index (χ2n) is 3.52. The Kier molecular flexibility index (Phi) is 4.55. The maximum absolute atomic E-state index is 5.50. The summed E-state index contributed by atoms with van der Waals surface area (Å²) in [4.78, 5) is 4.59. The minimum atomic E-state index is 0.141. The molecule has 0 amide bonds. The zero-order valence-electron chi connectivity index (χ0n) is 9.41. The van der Waals surface area contributed by atoms with Crippen LogP contribution in [0.15, 0.2) is 5.38 Å². The fraction of sp³-hybridized carbons (Fsp3) is 0.727. The van der Waals surface area contributed by atoms with Crippen LogP contribution in [0.4, 0.5) is 0 Å². The quantitative estimate of drug-likeness (QED) is 0.743. The molecule has 1 heterocycles. The molecule has 0 aliphatic heterocycles. The van der Waals surface area contributed by atoms with Crippen LogP contribution < -0.4 is 0 Å². The van der Waals surface area contributed by atoms with Gasteiger partial charge in [-0.05, 0) is 26.2 Å². The van der Waals surface area contributed by atoms with Gasteiger partial charge in [-0.2, -0.15) is 0 Å². The van der Waals surface area contributed by atoms with Crippen LogP contribution in [-0.2, 0) is 4.74 Å². The van der Waals surface area contributed by atoms with Gasteiger partial charge < -0.3 is 4.74 Å². The molecule has 1 rings (SSSR count). The Morgan fingerprint density at radius 3 is 2.71 bits per heavy atom. The van der Waals surface area contributed by atoms with Crippen molar-refractivity contribution < 1.29 is 4.74 Å². The van der Waals surface area contributed by atoms with E-state index >= 15 is 0 Å². The van der Waals surface area contributed by atoms with E-state index in [1.54, 1.807) is 11.3 Å². The third-order valence-corrected chi connectivity index (χ3v) is 3.45. The summed E-state index contributed by atoms with van der Waals surface area (Å²) in [5.74, 6) is 0.564. The van der Waals surface area contributed by atoms with Crippen molar-refractivity contribution in [3.8, 4) is 0 Å². The van der Waals surface area contributed by atoms with Gasteiger partial charge in [0.2, 0.25) is 0 Å². The average Bonchev–Trinajstić information content (AvgIpc) is 2.66. The molecule has 2 unspecified atom stereocenters. The summed E-state index contributed by atoms with van der Waals surface area (Å²) in [6, 6.07) is 0. The largest absolute Gasteiger partial charge is 0.372 e. The summed E-state index contributed by atoms with van der Waals surface area (Å²) >= 11 is 1.71. The molecular weight excluding hydrogens is 194 g/mol. The Morgan fingerprint density at radius 1 is 1.43 bits per heavy atom. The number of hydrogen-bond donors (Lipinski definition) is 0. The number of hydrogen-bond acceptors (Lipinski definition) is 3. The van der Waals surface area contributed by atoms with Crippen LogP contribution in [0.25, 0.3) is 0 Å². The Labute approximate surface area is 90.3 Å². The summed E-state index contributed by atoms with van der Waals surface area (Å²) in [5.41, 5.74) is 1.21. The average molecular weight is 213 g/mol. The molecule has 80 valence electrons. The Morgan fingerprint density at radius 2 is 2.14 bits per heavy atom. The van der Waals surface area contributed by atoms with E-state index < -0.39 is 0 Å². The molecule has 0 aromatic carbocycles. The normalized spacial score (nSPS) is 15.4. The maximum Gasteiger partial charge on any atom is 0.121 e. The molecule has 0 saturated carbocycles. The topological polar surface area (TPSA) is 22.1 Å². The van der Waals surface area contributed by atoms with Crippen LogP contribution in [0.3, 0.4) is 0 Å². The van der Waals surface area contributed by atoms with E-state index in [0.29, 0.717) is 5.92 Å². The highest BCUT2D eigenvalue weighted by Crippen LogP contribution is 2.26. The molecule has 0 saturated heterocycles. The molecule has 0 aliphatic rings. The van der Waals surface area contributed by atoms with Gasteiger partial charge in [0, 0.05) is 12.0 Å². The van der Waals surface area contributed by atoms with Crippen LogP contribution in [0.1, 0.15) is 56.8 Å². The molecular formula is C11H19NOS. The molecule has 14 heavy (non-hydrogen) atoms. The minimum Gasteiger partial charge on any atom is -0.372 e. The van der Waals surface area contributed by atoms with Crippen LogP contribution in [0.2, 0.25) is 0 Å². The van der Waals surface area contributed by atoms with E-state index in [1.807, 2.05) is 6.92 Å². The molecule has 0 bridgehead atoms. The summed E-state index contributed by atoms with van der Waals surface area (Å²) < 4.78 is 5.50. The van der Waals surface area contributed by atoms with Crippen molar-refractivity contribution in [2.75, 3.05) is 6.61 Å². The number of thiazole rings is 1. The van der Waals surface area contributed by atoms with Crippen molar-refractivity contribution in [1.29, 1.82) is 0 Å². The molecule has 1 aromatic rings. The third-order valence-electron chi connectivity index (χ3n) is 2.42. The molecule has 0 radical (unpaired) electrons. The zero-order chi connectivity index (χ0) is 10.6. The van der Waals surface area contributed by atoms with Crippen molar-refractivity contribution >= 4 is 11.3 Å². The van der Waals surface area contributed by atoms with Gasteiger partial charge in [-0.3, -0.25) is 0 Å². The zero-order valence-corrected chi connectivity index (χ0v) is 10.2. The molecule has 1 aromatic heterocycles. The summed E-state index contributed by atoms with van der Waals surface area (Å²) in [5, 5.41) is 3.25. The molecule has 0 aliphatic carbocycles. The fourth-order valence-corrected chi connectivity index (χ4v) is 2.19. The van der Waals surface area contributed by atoms with Crippen molar-refractivity contribution in [3.05, 3.63) is 16.1 Å². The van der Waals surface area contributed by atoms with Gasteiger partial charge in [-0.25, -0.2) is 4.98 Å². The van der Waals surface area contributed by atoms with E-state index in [-0.39, 0.29) is 6.10 Å². The van der Waals surface area contributed by atoms with Crippen LogP contribution in [0, 0.1) is 0 Å². The second-order valence-corrected chi connectivity index (χ2v) is 4.41. The number of rotatable bonds is 5. The fourth-order valence-electron chi connectivity index (χ4n) is 1.24. The Hall–Kier alpha value is -0.410. The van der Waals surface area contributed by atoms with Gasteiger partial charge in [-0.1, -0.05) is 13.8 Å². The predicted molar refractivity (Wildman–Crippen MR) is 60.9 cm³/mol. The molecule has 0 N–H and O–H groups in total. The molecule has 2 nitrogen and oxygen atoms in total. The Balaban J connectivity index is 2.67. The highest BCUT2D eigenvalue weighted by Gasteiger charge is 2.12. The van der Waals surface area contributed by atoms with Crippen LogP contribution >= 0.6 is 11.3 Å². The lowest BCUT2D eigenvalue weighted by Crippen LogP contribution is -2.00. The lowest BCUT2D eigenvalue weighted by atomic mass is 10.1. The van der Waals surface area contributed by atoms with Crippen molar-refractivity contribution in [2.45, 2.75) is 46.1 Å². The number of aromatic nitrogens is 1. The lowest BCUT2D eigenvalue weighted by Gasteiger charge is -2.07. The summed E-state index contributed by atoms with van der Waals surface area (Å²) in [6.07, 6.45) is 1.29. The van der Waals surface area contributed by atoms with Gasteiger partial charge in [0.05, 0.1) is 5.69 Å². The standard InChI is InChI=1S/C11H19NOS/c1-5-8(3)10-7-14-11(12-10)9(4)13-6-2/h7-9H,5-6H2,1-4H3. The maximum atomic E-state index is 5.50. The second kappa shape index (κ2) is 5.47. The van der Waals surface area contributed by atoms with E-state index in [9.17, 15) is 0 Å². The predicted octanol–water partition coefficient (Wildman–Crippen LogP) is 3.75. The lowest BCUT2D eigenvalue weighted by molar-refractivity contribution is 0.0760. The molecule has 2 atom stereocenters. The van der Waals surface area contributed by atoms with Gasteiger partial charge >= 0.3 is 0 Å². The third kappa shape index (κ3) is 2.79. The van der Waals surface area contributed by atoms with Crippen molar-refractivity contribution in [3.63, 3.8) is 0 Å². The smallest absolute Gasteiger partial charge is 0.121 e. The van der Waals surface area contributed by atoms with Gasteiger partial charge in [0.15, 0.2) is 0 Å². The highest BCUT2D eigenvalue weighted by molar-refractivity contribution is 7.09. The highest BCUT2D eigenvalue weighted by atomic mass is 32.1. The van der Waals surface area contributed by atoms with E-state index in [4.69, 9.17) is 4.74 Å². The van der Waals surface area contributed by atoms with Gasteiger partial charge in [-0.15, -0.1) is 11.3 Å². The first-order valence-corrected chi connectivity index (χ1v) is 6.13. The Bertz CT molecular complexity index is 272. The first kappa shape index (κ1) is 11.7. The van der Waals surface area contributed by atoms with E-state index in [1.165, 1.54) is 5.69 Å². The SMILES string of the molecule is CCOC(C)c1nc(C(C)CC)cs1. The van der Waals surface area contributed by atoms with Crippen molar-refractivity contribution in [2.24, 2.45) is 0 Å². The van der Waals surface area contributed by atoms with E-state index in [2.05, 4.69) is 31.1 Å². The molecule has 0 spiro atoms. The summed E-state index contributed by atoms with van der Waals surface area (Å²) in [6.45, 7) is 9.22. The number of ether oxygens (including phenoxy) is 1. The van der Waals surface area contributed by atoms with Crippen molar-refractivity contribution in [1.82, 2.24) is 4.98 Å². The summed E-state index contributed by atoms with van der Waals surface area (Å²) in [7, 11) is 0. The van der Waals surface area contributed by atoms with Gasteiger partial charge in [0.1, 0.15) is 11.1 Å². The minimum absolute atomic E-state index is 0.141. The van der Waals surface area contributed by atoms with Crippen LogP contribution in [-0.4, -0.2) is 11.6 Å².